The summed E-state index contributed by atoms with van der Waals surface area (Å²) in [5.74, 6) is 0. The summed E-state index contributed by atoms with van der Waals surface area (Å²) >= 11 is 0. The summed E-state index contributed by atoms with van der Waals surface area (Å²) < 4.78 is 0. The predicted molar refractivity (Wildman–Crippen MR) is 54.6 cm³/mol. The SMILES string of the molecule is CNCCNCc1ccc(C)nc1. The van der Waals surface area contributed by atoms with Crippen LogP contribution >= 0.6 is 0 Å². The molecule has 1 heterocycles. The fourth-order valence-corrected chi connectivity index (χ4v) is 1.05. The number of pyridine rings is 1. The van der Waals surface area contributed by atoms with Gasteiger partial charge in [0, 0.05) is 31.5 Å². The Balaban J connectivity index is 2.25. The van der Waals surface area contributed by atoms with Gasteiger partial charge in [-0.1, -0.05) is 6.07 Å². The Labute approximate surface area is 79.6 Å². The highest BCUT2D eigenvalue weighted by molar-refractivity contribution is 5.12. The van der Waals surface area contributed by atoms with Crippen molar-refractivity contribution in [1.82, 2.24) is 15.6 Å². The summed E-state index contributed by atoms with van der Waals surface area (Å²) in [7, 11) is 1.95. The van der Waals surface area contributed by atoms with Crippen molar-refractivity contribution >= 4 is 0 Å². The van der Waals surface area contributed by atoms with Crippen LogP contribution in [0.4, 0.5) is 0 Å². The quantitative estimate of drug-likeness (QED) is 0.653. The standard InChI is InChI=1S/C10H17N3/c1-9-3-4-10(8-13-9)7-12-6-5-11-2/h3-4,8,11-12H,5-7H2,1-2H3. The molecule has 0 saturated carbocycles. The predicted octanol–water partition coefficient (Wildman–Crippen LogP) is 0.699. The lowest BCUT2D eigenvalue weighted by Crippen LogP contribution is -2.24. The molecule has 13 heavy (non-hydrogen) atoms. The minimum atomic E-state index is 0.898. The maximum atomic E-state index is 4.22. The summed E-state index contributed by atoms with van der Waals surface area (Å²) in [6, 6.07) is 4.14. The molecule has 3 nitrogen and oxygen atoms in total. The van der Waals surface area contributed by atoms with Gasteiger partial charge < -0.3 is 10.6 Å². The number of aryl methyl sites for hydroxylation is 1. The fraction of sp³-hybridized carbons (Fsp3) is 0.500. The van der Waals surface area contributed by atoms with Crippen molar-refractivity contribution in [2.45, 2.75) is 13.5 Å². The molecule has 72 valence electrons. The molecule has 0 amide bonds. The smallest absolute Gasteiger partial charge is 0.0372 e. The van der Waals surface area contributed by atoms with Crippen molar-refractivity contribution in [1.29, 1.82) is 0 Å². The van der Waals surface area contributed by atoms with Crippen LogP contribution < -0.4 is 10.6 Å². The van der Waals surface area contributed by atoms with Gasteiger partial charge in [0.2, 0.25) is 0 Å². The molecule has 0 fully saturated rings. The molecular weight excluding hydrogens is 162 g/mol. The first kappa shape index (κ1) is 10.2. The first-order valence-electron chi connectivity index (χ1n) is 4.60. The number of nitrogens with one attached hydrogen (secondary N) is 2. The highest BCUT2D eigenvalue weighted by Crippen LogP contribution is 1.97. The lowest BCUT2D eigenvalue weighted by molar-refractivity contribution is 0.649. The third-order valence-corrected chi connectivity index (χ3v) is 1.85. The van der Waals surface area contributed by atoms with Crippen molar-refractivity contribution in [3.05, 3.63) is 29.6 Å². The van der Waals surface area contributed by atoms with Crippen LogP contribution in [0.15, 0.2) is 18.3 Å². The number of aromatic nitrogens is 1. The van der Waals surface area contributed by atoms with E-state index in [-0.39, 0.29) is 0 Å². The Morgan fingerprint density at radius 2 is 2.15 bits per heavy atom. The highest BCUT2D eigenvalue weighted by Gasteiger charge is 1.91. The van der Waals surface area contributed by atoms with E-state index in [2.05, 4.69) is 21.7 Å². The molecule has 0 spiro atoms. The van der Waals surface area contributed by atoms with E-state index in [9.17, 15) is 0 Å². The van der Waals surface area contributed by atoms with E-state index in [1.165, 1.54) is 5.56 Å². The Kier molecular flexibility index (Phi) is 4.43. The number of likely N-dealkylation sites (N-methyl/N-ethyl adjacent to an activating group) is 1. The first-order chi connectivity index (χ1) is 6.33. The Bertz CT molecular complexity index is 230. The largest absolute Gasteiger partial charge is 0.318 e. The molecule has 0 aliphatic rings. The Hall–Kier alpha value is -0.930. The maximum absolute atomic E-state index is 4.22. The molecule has 0 radical (unpaired) electrons. The lowest BCUT2D eigenvalue weighted by Gasteiger charge is -2.03. The van der Waals surface area contributed by atoms with E-state index < -0.39 is 0 Å². The van der Waals surface area contributed by atoms with Gasteiger partial charge in [-0.25, -0.2) is 0 Å². The summed E-state index contributed by atoms with van der Waals surface area (Å²) in [6.45, 7) is 4.89. The molecule has 0 saturated heterocycles. The summed E-state index contributed by atoms with van der Waals surface area (Å²) in [5, 5.41) is 6.40. The molecular formula is C10H17N3. The monoisotopic (exact) mass is 179 g/mol. The van der Waals surface area contributed by atoms with Gasteiger partial charge in [-0.05, 0) is 25.6 Å². The normalized spacial score (nSPS) is 10.3. The van der Waals surface area contributed by atoms with E-state index in [1.54, 1.807) is 0 Å². The summed E-state index contributed by atoms with van der Waals surface area (Å²) in [4.78, 5) is 4.22. The molecule has 1 aromatic rings. The third kappa shape index (κ3) is 4.01. The number of hydrogen-bond donors (Lipinski definition) is 2. The van der Waals surface area contributed by atoms with Gasteiger partial charge in [-0.2, -0.15) is 0 Å². The van der Waals surface area contributed by atoms with E-state index in [4.69, 9.17) is 0 Å². The van der Waals surface area contributed by atoms with Crippen LogP contribution in [0.25, 0.3) is 0 Å². The summed E-state index contributed by atoms with van der Waals surface area (Å²) in [6.07, 6.45) is 1.92. The average Bonchev–Trinajstić information content (AvgIpc) is 2.15. The van der Waals surface area contributed by atoms with Crippen molar-refractivity contribution in [3.8, 4) is 0 Å². The van der Waals surface area contributed by atoms with E-state index in [1.807, 2.05) is 26.2 Å². The van der Waals surface area contributed by atoms with Crippen LogP contribution in [0.1, 0.15) is 11.3 Å². The van der Waals surface area contributed by atoms with E-state index >= 15 is 0 Å². The van der Waals surface area contributed by atoms with Crippen molar-refractivity contribution in [2.75, 3.05) is 20.1 Å². The van der Waals surface area contributed by atoms with Gasteiger partial charge in [0.1, 0.15) is 0 Å². The molecule has 3 heteroatoms. The van der Waals surface area contributed by atoms with Crippen LogP contribution in [0.5, 0.6) is 0 Å². The minimum absolute atomic E-state index is 0.898. The second-order valence-corrected chi connectivity index (χ2v) is 3.09. The maximum Gasteiger partial charge on any atom is 0.0372 e. The number of rotatable bonds is 5. The molecule has 0 aromatic carbocycles. The third-order valence-electron chi connectivity index (χ3n) is 1.85. The van der Waals surface area contributed by atoms with Gasteiger partial charge in [0.25, 0.3) is 0 Å². The lowest BCUT2D eigenvalue weighted by atomic mass is 10.2. The molecule has 1 rings (SSSR count). The Morgan fingerprint density at radius 1 is 1.31 bits per heavy atom. The molecule has 0 atom stereocenters. The zero-order chi connectivity index (χ0) is 9.52. The van der Waals surface area contributed by atoms with Crippen molar-refractivity contribution in [2.24, 2.45) is 0 Å². The Morgan fingerprint density at radius 3 is 2.77 bits per heavy atom. The zero-order valence-corrected chi connectivity index (χ0v) is 8.30. The van der Waals surface area contributed by atoms with E-state index in [0.717, 1.165) is 25.3 Å². The van der Waals surface area contributed by atoms with Gasteiger partial charge in [0.15, 0.2) is 0 Å². The first-order valence-corrected chi connectivity index (χ1v) is 4.60. The highest BCUT2D eigenvalue weighted by atomic mass is 14.9. The zero-order valence-electron chi connectivity index (χ0n) is 8.30. The van der Waals surface area contributed by atoms with E-state index in [0.29, 0.717) is 0 Å². The van der Waals surface area contributed by atoms with Crippen molar-refractivity contribution < 1.29 is 0 Å². The van der Waals surface area contributed by atoms with Crippen LogP contribution in [-0.2, 0) is 6.54 Å². The fourth-order valence-electron chi connectivity index (χ4n) is 1.05. The molecule has 0 aliphatic heterocycles. The van der Waals surface area contributed by atoms with Crippen LogP contribution in [-0.4, -0.2) is 25.1 Å². The van der Waals surface area contributed by atoms with Crippen LogP contribution in [0.2, 0.25) is 0 Å². The molecule has 1 aromatic heterocycles. The van der Waals surface area contributed by atoms with Gasteiger partial charge in [-0.3, -0.25) is 4.98 Å². The molecule has 0 bridgehead atoms. The molecule has 2 N–H and O–H groups in total. The number of hydrogen-bond acceptors (Lipinski definition) is 3. The van der Waals surface area contributed by atoms with Crippen molar-refractivity contribution in [3.63, 3.8) is 0 Å². The second kappa shape index (κ2) is 5.67. The average molecular weight is 179 g/mol. The molecule has 0 unspecified atom stereocenters. The minimum Gasteiger partial charge on any atom is -0.318 e. The van der Waals surface area contributed by atoms with Crippen LogP contribution in [0, 0.1) is 6.92 Å². The van der Waals surface area contributed by atoms with Gasteiger partial charge >= 0.3 is 0 Å². The molecule has 0 aliphatic carbocycles. The van der Waals surface area contributed by atoms with Gasteiger partial charge in [0.05, 0.1) is 0 Å². The number of nitrogens with zero attached hydrogens (tertiary/aromatic N) is 1. The summed E-state index contributed by atoms with van der Waals surface area (Å²) in [5.41, 5.74) is 2.31. The van der Waals surface area contributed by atoms with Gasteiger partial charge in [-0.15, -0.1) is 0 Å². The van der Waals surface area contributed by atoms with Crippen LogP contribution in [0.3, 0.4) is 0 Å². The topological polar surface area (TPSA) is 37.0 Å². The second-order valence-electron chi connectivity index (χ2n) is 3.09.